The summed E-state index contributed by atoms with van der Waals surface area (Å²) < 4.78 is 63.6. The van der Waals surface area contributed by atoms with Crippen LogP contribution < -0.4 is 20.1 Å². The van der Waals surface area contributed by atoms with Gasteiger partial charge < -0.3 is 20.1 Å². The van der Waals surface area contributed by atoms with E-state index >= 15 is 0 Å². The molecule has 3 aromatic rings. The summed E-state index contributed by atoms with van der Waals surface area (Å²) in [6.45, 7) is -0.403. The Bertz CT molecular complexity index is 1150. The van der Waals surface area contributed by atoms with Crippen molar-refractivity contribution in [3.05, 3.63) is 83.4 Å². The average molecular weight is 448 g/mol. The van der Waals surface area contributed by atoms with Gasteiger partial charge in [0.25, 0.3) is 11.8 Å². The maximum Gasteiger partial charge on any atom is 0.262 e. The highest BCUT2D eigenvalue weighted by Crippen LogP contribution is 2.29. The quantitative estimate of drug-likeness (QED) is 0.412. The summed E-state index contributed by atoms with van der Waals surface area (Å²) in [6, 6.07) is 10.6. The first-order valence-corrected chi connectivity index (χ1v) is 9.09. The van der Waals surface area contributed by atoms with Crippen molar-refractivity contribution < 1.29 is 36.6 Å². The molecule has 0 aromatic heterocycles. The SMILES string of the molecule is COc1cc(C(=O)Nc2ccc(F)c(F)c2F)ccc1OCC(=O)Nc1ccc(F)cc1. The number of benzene rings is 3. The van der Waals surface area contributed by atoms with Gasteiger partial charge in [-0.05, 0) is 54.6 Å². The predicted octanol–water partition coefficient (Wildman–Crippen LogP) is 4.52. The van der Waals surface area contributed by atoms with E-state index < -0.39 is 47.4 Å². The standard InChI is InChI=1S/C22H16F4N2O4/c1-31-18-10-12(22(30)28-16-8-7-15(24)20(25)21(16)26)2-9-17(18)32-11-19(29)27-14-5-3-13(23)4-6-14/h2-10H,11H2,1H3,(H,27,29)(H,28,30). The Labute approximate surface area is 179 Å². The van der Waals surface area contributed by atoms with Crippen LogP contribution in [0.3, 0.4) is 0 Å². The van der Waals surface area contributed by atoms with Crippen LogP contribution in [-0.2, 0) is 4.79 Å². The largest absolute Gasteiger partial charge is 0.493 e. The van der Waals surface area contributed by atoms with Gasteiger partial charge in [0.05, 0.1) is 12.8 Å². The smallest absolute Gasteiger partial charge is 0.262 e. The Hall–Kier alpha value is -4.08. The molecular weight excluding hydrogens is 432 g/mol. The number of amides is 2. The number of nitrogens with one attached hydrogen (secondary N) is 2. The summed E-state index contributed by atoms with van der Waals surface area (Å²) in [5, 5.41) is 4.66. The van der Waals surface area contributed by atoms with E-state index in [0.29, 0.717) is 11.8 Å². The molecule has 10 heteroatoms. The average Bonchev–Trinajstić information content (AvgIpc) is 2.79. The normalized spacial score (nSPS) is 10.4. The second-order valence-corrected chi connectivity index (χ2v) is 6.39. The van der Waals surface area contributed by atoms with Crippen molar-refractivity contribution in [2.75, 3.05) is 24.4 Å². The summed E-state index contributed by atoms with van der Waals surface area (Å²) in [5.41, 5.74) is -0.150. The number of methoxy groups -OCH3 is 1. The van der Waals surface area contributed by atoms with Crippen molar-refractivity contribution in [1.29, 1.82) is 0 Å². The minimum absolute atomic E-state index is 0.00842. The first-order chi connectivity index (χ1) is 15.3. The van der Waals surface area contributed by atoms with Crippen molar-refractivity contribution in [3.8, 4) is 11.5 Å². The van der Waals surface area contributed by atoms with Crippen molar-refractivity contribution in [1.82, 2.24) is 0 Å². The Kier molecular flexibility index (Phi) is 6.93. The van der Waals surface area contributed by atoms with Crippen LogP contribution in [0.15, 0.2) is 54.6 Å². The van der Waals surface area contributed by atoms with E-state index in [9.17, 15) is 27.2 Å². The highest BCUT2D eigenvalue weighted by Gasteiger charge is 2.17. The summed E-state index contributed by atoms with van der Waals surface area (Å²) in [4.78, 5) is 24.4. The van der Waals surface area contributed by atoms with E-state index in [1.54, 1.807) is 0 Å². The lowest BCUT2D eigenvalue weighted by molar-refractivity contribution is -0.118. The molecule has 3 aromatic carbocycles. The molecule has 6 nitrogen and oxygen atoms in total. The van der Waals surface area contributed by atoms with Crippen LogP contribution in [0.25, 0.3) is 0 Å². The zero-order valence-electron chi connectivity index (χ0n) is 16.5. The van der Waals surface area contributed by atoms with Gasteiger partial charge in [0.2, 0.25) is 0 Å². The number of hydrogen-bond donors (Lipinski definition) is 2. The highest BCUT2D eigenvalue weighted by molar-refractivity contribution is 6.04. The lowest BCUT2D eigenvalue weighted by Crippen LogP contribution is -2.20. The fraction of sp³-hybridized carbons (Fsp3) is 0.0909. The Morgan fingerprint density at radius 1 is 0.844 bits per heavy atom. The fourth-order valence-electron chi connectivity index (χ4n) is 2.62. The molecule has 0 fully saturated rings. The van der Waals surface area contributed by atoms with E-state index in [1.807, 2.05) is 0 Å². The summed E-state index contributed by atoms with van der Waals surface area (Å²) >= 11 is 0. The highest BCUT2D eigenvalue weighted by atomic mass is 19.2. The molecule has 0 bridgehead atoms. The number of hydrogen-bond acceptors (Lipinski definition) is 4. The minimum Gasteiger partial charge on any atom is -0.493 e. The van der Waals surface area contributed by atoms with E-state index in [4.69, 9.17) is 9.47 Å². The molecule has 2 N–H and O–H groups in total. The molecule has 32 heavy (non-hydrogen) atoms. The van der Waals surface area contributed by atoms with Gasteiger partial charge >= 0.3 is 0 Å². The zero-order chi connectivity index (χ0) is 23.3. The van der Waals surface area contributed by atoms with E-state index in [0.717, 1.165) is 6.07 Å². The molecular formula is C22H16F4N2O4. The van der Waals surface area contributed by atoms with Crippen molar-refractivity contribution in [3.63, 3.8) is 0 Å². The molecule has 0 spiro atoms. The number of rotatable bonds is 7. The minimum atomic E-state index is -1.71. The van der Waals surface area contributed by atoms with Gasteiger partial charge in [0.15, 0.2) is 35.6 Å². The lowest BCUT2D eigenvalue weighted by atomic mass is 10.1. The van der Waals surface area contributed by atoms with Crippen LogP contribution in [0.5, 0.6) is 11.5 Å². The molecule has 0 radical (unpaired) electrons. The van der Waals surface area contributed by atoms with Gasteiger partial charge in [-0.25, -0.2) is 17.6 Å². The molecule has 166 valence electrons. The number of carbonyl (C=O) groups is 2. The van der Waals surface area contributed by atoms with Crippen LogP contribution in [0.2, 0.25) is 0 Å². The monoisotopic (exact) mass is 448 g/mol. The first kappa shape index (κ1) is 22.6. The van der Waals surface area contributed by atoms with Gasteiger partial charge in [-0.2, -0.15) is 0 Å². The molecule has 0 atom stereocenters. The number of halogens is 4. The fourth-order valence-corrected chi connectivity index (χ4v) is 2.62. The summed E-state index contributed by atoms with van der Waals surface area (Å²) in [5.74, 6) is -6.16. The third kappa shape index (κ3) is 5.34. The third-order valence-electron chi connectivity index (χ3n) is 4.20. The molecule has 0 aliphatic carbocycles. The lowest BCUT2D eigenvalue weighted by Gasteiger charge is -2.13. The molecule has 0 heterocycles. The van der Waals surface area contributed by atoms with Crippen LogP contribution in [0, 0.1) is 23.3 Å². The van der Waals surface area contributed by atoms with Gasteiger partial charge in [-0.1, -0.05) is 0 Å². The van der Waals surface area contributed by atoms with Gasteiger partial charge in [-0.15, -0.1) is 0 Å². The molecule has 0 saturated carbocycles. The topological polar surface area (TPSA) is 76.7 Å². The van der Waals surface area contributed by atoms with E-state index in [-0.39, 0.29) is 17.1 Å². The molecule has 3 rings (SSSR count). The number of ether oxygens (including phenoxy) is 2. The second kappa shape index (κ2) is 9.82. The van der Waals surface area contributed by atoms with Crippen LogP contribution >= 0.6 is 0 Å². The van der Waals surface area contributed by atoms with Crippen LogP contribution in [-0.4, -0.2) is 25.5 Å². The number of carbonyl (C=O) groups excluding carboxylic acids is 2. The van der Waals surface area contributed by atoms with Crippen molar-refractivity contribution in [2.45, 2.75) is 0 Å². The van der Waals surface area contributed by atoms with Crippen LogP contribution in [0.1, 0.15) is 10.4 Å². The maximum atomic E-state index is 13.8. The Balaban J connectivity index is 1.66. The van der Waals surface area contributed by atoms with Crippen molar-refractivity contribution in [2.24, 2.45) is 0 Å². The maximum absolute atomic E-state index is 13.8. The third-order valence-corrected chi connectivity index (χ3v) is 4.20. The van der Waals surface area contributed by atoms with Gasteiger partial charge in [0.1, 0.15) is 5.82 Å². The van der Waals surface area contributed by atoms with E-state index in [2.05, 4.69) is 10.6 Å². The number of anilines is 2. The summed E-state index contributed by atoms with van der Waals surface area (Å²) in [6.07, 6.45) is 0. The Morgan fingerprint density at radius 2 is 1.56 bits per heavy atom. The van der Waals surface area contributed by atoms with Gasteiger partial charge in [0, 0.05) is 11.3 Å². The first-order valence-electron chi connectivity index (χ1n) is 9.09. The summed E-state index contributed by atoms with van der Waals surface area (Å²) in [7, 11) is 1.30. The molecule has 0 saturated heterocycles. The molecule has 2 amide bonds. The van der Waals surface area contributed by atoms with E-state index in [1.165, 1.54) is 49.6 Å². The zero-order valence-corrected chi connectivity index (χ0v) is 16.5. The van der Waals surface area contributed by atoms with Crippen LogP contribution in [0.4, 0.5) is 28.9 Å². The Morgan fingerprint density at radius 3 is 2.25 bits per heavy atom. The molecule has 0 unspecified atom stereocenters. The molecule has 0 aliphatic rings. The van der Waals surface area contributed by atoms with Gasteiger partial charge in [-0.3, -0.25) is 9.59 Å². The van der Waals surface area contributed by atoms with Crippen molar-refractivity contribution >= 4 is 23.2 Å². The molecule has 0 aliphatic heterocycles. The predicted molar refractivity (Wildman–Crippen MR) is 108 cm³/mol. The second-order valence-electron chi connectivity index (χ2n) is 6.39.